The van der Waals surface area contributed by atoms with Gasteiger partial charge in [-0.15, -0.1) is 0 Å². The van der Waals surface area contributed by atoms with Gasteiger partial charge >= 0.3 is 5.97 Å². The number of sulfone groups is 1. The number of ether oxygens (including phenoxy) is 1. The number of methoxy groups -OCH3 is 1. The number of carbonyl (C=O) groups excluding carboxylic acids is 3. The van der Waals surface area contributed by atoms with Crippen LogP contribution in [0.5, 0.6) is 0 Å². The fraction of sp³-hybridized carbons (Fsp3) is 0.318. The average molecular weight is 465 g/mol. The molecule has 0 aliphatic heterocycles. The molecule has 0 aliphatic rings. The van der Waals surface area contributed by atoms with Crippen LogP contribution in [0.25, 0.3) is 0 Å². The van der Waals surface area contributed by atoms with Crippen LogP contribution in [0.4, 0.5) is 4.39 Å². The van der Waals surface area contributed by atoms with Crippen LogP contribution in [0.2, 0.25) is 0 Å². The first-order valence-electron chi connectivity index (χ1n) is 9.80. The SMILES string of the molecule is COC(=O)[C@@H](CCS(=O)(=O)c1ccccc1)NC(=O)[C@@H](Cc1cccc(F)c1)NC(C)=O. The maximum Gasteiger partial charge on any atom is 0.328 e. The minimum Gasteiger partial charge on any atom is -0.467 e. The van der Waals surface area contributed by atoms with Gasteiger partial charge in [0.1, 0.15) is 17.9 Å². The van der Waals surface area contributed by atoms with Gasteiger partial charge in [0.25, 0.3) is 0 Å². The summed E-state index contributed by atoms with van der Waals surface area (Å²) in [7, 11) is -2.58. The van der Waals surface area contributed by atoms with E-state index >= 15 is 0 Å². The molecule has 0 bridgehead atoms. The van der Waals surface area contributed by atoms with Crippen molar-refractivity contribution in [3.8, 4) is 0 Å². The van der Waals surface area contributed by atoms with Crippen LogP contribution in [0.3, 0.4) is 0 Å². The van der Waals surface area contributed by atoms with Gasteiger partial charge in [-0.1, -0.05) is 30.3 Å². The van der Waals surface area contributed by atoms with Gasteiger partial charge in [-0.2, -0.15) is 0 Å². The van der Waals surface area contributed by atoms with Crippen molar-refractivity contribution in [3.05, 3.63) is 66.0 Å². The third-order valence-electron chi connectivity index (χ3n) is 4.60. The van der Waals surface area contributed by atoms with Crippen molar-refractivity contribution in [1.82, 2.24) is 10.6 Å². The second-order valence-electron chi connectivity index (χ2n) is 7.09. The topological polar surface area (TPSA) is 119 Å². The zero-order valence-corrected chi connectivity index (χ0v) is 18.5. The van der Waals surface area contributed by atoms with Gasteiger partial charge in [0, 0.05) is 13.3 Å². The van der Waals surface area contributed by atoms with Crippen molar-refractivity contribution in [2.45, 2.75) is 36.7 Å². The number of rotatable bonds is 10. The summed E-state index contributed by atoms with van der Waals surface area (Å²) in [6, 6.07) is 10.9. The van der Waals surface area contributed by atoms with Crippen LogP contribution < -0.4 is 10.6 Å². The van der Waals surface area contributed by atoms with E-state index in [1.54, 1.807) is 24.3 Å². The third kappa shape index (κ3) is 7.45. The number of carbonyl (C=O) groups is 3. The summed E-state index contributed by atoms with van der Waals surface area (Å²) in [4.78, 5) is 36.7. The molecule has 2 N–H and O–H groups in total. The Morgan fingerprint density at radius 3 is 2.28 bits per heavy atom. The highest BCUT2D eigenvalue weighted by Gasteiger charge is 2.29. The lowest BCUT2D eigenvalue weighted by Crippen LogP contribution is -2.52. The number of halogens is 1. The number of hydrogen-bond acceptors (Lipinski definition) is 6. The molecule has 2 rings (SSSR count). The van der Waals surface area contributed by atoms with Gasteiger partial charge in [0.05, 0.1) is 17.8 Å². The molecule has 0 saturated carbocycles. The van der Waals surface area contributed by atoms with Gasteiger partial charge in [0.15, 0.2) is 9.84 Å². The van der Waals surface area contributed by atoms with Gasteiger partial charge in [0.2, 0.25) is 11.8 Å². The monoisotopic (exact) mass is 464 g/mol. The van der Waals surface area contributed by atoms with Gasteiger partial charge in [-0.05, 0) is 36.2 Å². The highest BCUT2D eigenvalue weighted by molar-refractivity contribution is 7.91. The lowest BCUT2D eigenvalue weighted by Gasteiger charge is -2.22. The average Bonchev–Trinajstić information content (AvgIpc) is 2.75. The Hall–Kier alpha value is -3.27. The highest BCUT2D eigenvalue weighted by atomic mass is 32.2. The molecule has 0 aromatic heterocycles. The van der Waals surface area contributed by atoms with E-state index in [1.165, 1.54) is 37.3 Å². The van der Waals surface area contributed by atoms with Crippen LogP contribution in [-0.4, -0.2) is 51.1 Å². The maximum absolute atomic E-state index is 13.5. The molecular weight excluding hydrogens is 439 g/mol. The van der Waals surface area contributed by atoms with Crippen LogP contribution in [0.15, 0.2) is 59.5 Å². The van der Waals surface area contributed by atoms with Gasteiger partial charge < -0.3 is 15.4 Å². The number of amides is 2. The largest absolute Gasteiger partial charge is 0.467 e. The Balaban J connectivity index is 2.14. The van der Waals surface area contributed by atoms with E-state index in [1.807, 2.05) is 0 Å². The predicted molar refractivity (Wildman–Crippen MR) is 115 cm³/mol. The Labute approximate surface area is 186 Å². The fourth-order valence-corrected chi connectivity index (χ4v) is 4.39. The molecule has 2 aromatic rings. The molecule has 0 fully saturated rings. The Morgan fingerprint density at radius 1 is 1.00 bits per heavy atom. The number of hydrogen-bond donors (Lipinski definition) is 2. The third-order valence-corrected chi connectivity index (χ3v) is 6.37. The van der Waals surface area contributed by atoms with E-state index < -0.39 is 51.3 Å². The van der Waals surface area contributed by atoms with Crippen molar-refractivity contribution in [2.75, 3.05) is 12.9 Å². The molecule has 8 nitrogen and oxygen atoms in total. The summed E-state index contributed by atoms with van der Waals surface area (Å²) < 4.78 is 43.2. The fourth-order valence-electron chi connectivity index (χ4n) is 3.04. The molecular formula is C22H25FN2O6S. The molecule has 2 aromatic carbocycles. The first-order valence-corrected chi connectivity index (χ1v) is 11.4. The first-order chi connectivity index (χ1) is 15.1. The normalized spacial score (nSPS) is 13.0. The van der Waals surface area contributed by atoms with Crippen LogP contribution >= 0.6 is 0 Å². The molecule has 10 heteroatoms. The molecule has 2 amide bonds. The van der Waals surface area contributed by atoms with E-state index in [9.17, 15) is 27.2 Å². The molecule has 0 saturated heterocycles. The van der Waals surface area contributed by atoms with Gasteiger partial charge in [-0.25, -0.2) is 17.6 Å². The molecule has 2 atom stereocenters. The number of nitrogens with one attached hydrogen (secondary N) is 2. The second kappa shape index (κ2) is 11.4. The Kier molecular flexibility index (Phi) is 8.89. The zero-order chi connectivity index (χ0) is 23.7. The van der Waals surface area contributed by atoms with E-state index in [4.69, 9.17) is 4.74 Å². The summed E-state index contributed by atoms with van der Waals surface area (Å²) in [5, 5.41) is 4.91. The number of benzene rings is 2. The number of esters is 1. The van der Waals surface area contributed by atoms with E-state index in [2.05, 4.69) is 10.6 Å². The summed E-state index contributed by atoms with van der Waals surface area (Å²) in [6.45, 7) is 1.22. The Bertz CT molecular complexity index is 1060. The quantitative estimate of drug-likeness (QED) is 0.513. The molecule has 0 spiro atoms. The zero-order valence-electron chi connectivity index (χ0n) is 17.7. The minimum atomic E-state index is -3.70. The lowest BCUT2D eigenvalue weighted by molar-refractivity contribution is -0.145. The van der Waals surface area contributed by atoms with E-state index in [-0.39, 0.29) is 17.7 Å². The van der Waals surface area contributed by atoms with E-state index in [0.29, 0.717) is 5.56 Å². The van der Waals surface area contributed by atoms with Crippen molar-refractivity contribution in [3.63, 3.8) is 0 Å². The van der Waals surface area contributed by atoms with Crippen LogP contribution in [-0.2, 0) is 35.4 Å². The summed E-state index contributed by atoms with van der Waals surface area (Å²) >= 11 is 0. The molecule has 0 aliphatic carbocycles. The Morgan fingerprint density at radius 2 is 1.69 bits per heavy atom. The summed E-state index contributed by atoms with van der Waals surface area (Å²) in [6.07, 6.45) is -0.262. The van der Waals surface area contributed by atoms with E-state index in [0.717, 1.165) is 7.11 Å². The molecule has 0 heterocycles. The van der Waals surface area contributed by atoms with Crippen LogP contribution in [0.1, 0.15) is 18.9 Å². The maximum atomic E-state index is 13.5. The second-order valence-corrected chi connectivity index (χ2v) is 9.20. The standard InChI is InChI=1S/C22H25FN2O6S/c1-15(26)24-20(14-16-7-6-8-17(23)13-16)21(27)25-19(22(28)31-2)11-12-32(29,30)18-9-4-3-5-10-18/h3-10,13,19-20H,11-12,14H2,1-2H3,(H,24,26)(H,25,27)/t19-,20-/m1/s1. The minimum absolute atomic E-state index is 0.0284. The van der Waals surface area contributed by atoms with Crippen molar-refractivity contribution >= 4 is 27.6 Å². The van der Waals surface area contributed by atoms with Crippen molar-refractivity contribution < 1.29 is 31.9 Å². The smallest absolute Gasteiger partial charge is 0.328 e. The molecule has 0 radical (unpaired) electrons. The highest BCUT2D eigenvalue weighted by Crippen LogP contribution is 2.13. The van der Waals surface area contributed by atoms with Gasteiger partial charge in [-0.3, -0.25) is 9.59 Å². The molecule has 0 unspecified atom stereocenters. The van der Waals surface area contributed by atoms with Crippen molar-refractivity contribution in [2.24, 2.45) is 0 Å². The first kappa shape index (κ1) is 25.0. The van der Waals surface area contributed by atoms with Crippen molar-refractivity contribution in [1.29, 1.82) is 0 Å². The molecule has 172 valence electrons. The van der Waals surface area contributed by atoms with Crippen LogP contribution in [0, 0.1) is 5.82 Å². The summed E-state index contributed by atoms with van der Waals surface area (Å²) in [5.74, 6) is -2.96. The molecule has 32 heavy (non-hydrogen) atoms. The predicted octanol–water partition coefficient (Wildman–Crippen LogP) is 1.39. The summed E-state index contributed by atoms with van der Waals surface area (Å²) in [5.41, 5.74) is 0.458. The lowest BCUT2D eigenvalue weighted by atomic mass is 10.0.